The van der Waals surface area contributed by atoms with Crippen LogP contribution in [0.4, 0.5) is 0 Å². The van der Waals surface area contributed by atoms with Gasteiger partial charge in [-0.15, -0.1) is 0 Å². The first-order valence-electron chi connectivity index (χ1n) is 4.42. The van der Waals surface area contributed by atoms with E-state index in [1.165, 1.54) is 0 Å². The lowest BCUT2D eigenvalue weighted by Gasteiger charge is -2.08. The highest BCUT2D eigenvalue weighted by atomic mass is 16.4. The second kappa shape index (κ2) is 4.24. The molecular formula is C9H14O3. The lowest BCUT2D eigenvalue weighted by Crippen LogP contribution is -2.10. The molecule has 0 aromatic rings. The molecule has 0 bridgehead atoms. The molecule has 1 aliphatic carbocycles. The number of hydrogen-bond acceptors (Lipinski definition) is 2. The Balaban J connectivity index is 2.41. The Labute approximate surface area is 71.8 Å². The van der Waals surface area contributed by atoms with Crippen molar-refractivity contribution in [2.24, 2.45) is 5.92 Å². The fourth-order valence-corrected chi connectivity index (χ4v) is 1.70. The van der Waals surface area contributed by atoms with Gasteiger partial charge >= 0.3 is 5.97 Å². The molecule has 3 heteroatoms. The number of Topliss-reactive ketones (excluding diaryl/α,β-unsaturated/α-hetero) is 1. The van der Waals surface area contributed by atoms with Gasteiger partial charge in [-0.2, -0.15) is 0 Å². The van der Waals surface area contributed by atoms with E-state index >= 15 is 0 Å². The van der Waals surface area contributed by atoms with Crippen molar-refractivity contribution in [3.63, 3.8) is 0 Å². The van der Waals surface area contributed by atoms with Crippen LogP contribution in [0.5, 0.6) is 0 Å². The highest BCUT2D eigenvalue weighted by Crippen LogP contribution is 2.23. The van der Waals surface area contributed by atoms with Gasteiger partial charge in [-0.3, -0.25) is 9.59 Å². The Bertz CT molecular complexity index is 186. The van der Waals surface area contributed by atoms with Crippen molar-refractivity contribution in [1.82, 2.24) is 0 Å². The summed E-state index contributed by atoms with van der Waals surface area (Å²) in [6, 6.07) is 0. The van der Waals surface area contributed by atoms with Gasteiger partial charge < -0.3 is 5.11 Å². The zero-order chi connectivity index (χ0) is 8.97. The molecule has 0 amide bonds. The average molecular weight is 170 g/mol. The number of aliphatic carboxylic acids is 1. The van der Waals surface area contributed by atoms with Crippen LogP contribution >= 0.6 is 0 Å². The zero-order valence-electron chi connectivity index (χ0n) is 7.08. The highest BCUT2D eigenvalue weighted by molar-refractivity contribution is 5.79. The van der Waals surface area contributed by atoms with Crippen LogP contribution < -0.4 is 0 Å². The number of rotatable bonds is 2. The van der Waals surface area contributed by atoms with Gasteiger partial charge in [-0.25, -0.2) is 0 Å². The lowest BCUT2D eigenvalue weighted by molar-refractivity contribution is -0.138. The quantitative estimate of drug-likeness (QED) is 0.640. The molecule has 1 fully saturated rings. The molecule has 0 radical (unpaired) electrons. The van der Waals surface area contributed by atoms with E-state index in [0.717, 1.165) is 19.3 Å². The van der Waals surface area contributed by atoms with Crippen LogP contribution in [0.1, 0.15) is 38.5 Å². The van der Waals surface area contributed by atoms with Crippen molar-refractivity contribution in [3.05, 3.63) is 0 Å². The smallest absolute Gasteiger partial charge is 0.303 e. The minimum Gasteiger partial charge on any atom is -0.481 e. The molecular weight excluding hydrogens is 156 g/mol. The molecule has 1 saturated carbocycles. The van der Waals surface area contributed by atoms with Crippen LogP contribution in [0.2, 0.25) is 0 Å². The number of carboxylic acid groups (broad SMARTS) is 1. The number of carbonyl (C=O) groups is 2. The molecule has 1 N–H and O–H groups in total. The van der Waals surface area contributed by atoms with Gasteiger partial charge in [-0.1, -0.05) is 6.42 Å². The first kappa shape index (κ1) is 9.23. The van der Waals surface area contributed by atoms with E-state index in [2.05, 4.69) is 0 Å². The van der Waals surface area contributed by atoms with Crippen molar-refractivity contribution in [1.29, 1.82) is 0 Å². The van der Waals surface area contributed by atoms with Gasteiger partial charge in [0, 0.05) is 19.3 Å². The third-order valence-electron chi connectivity index (χ3n) is 2.30. The number of ketones is 1. The predicted molar refractivity (Wildman–Crippen MR) is 43.8 cm³/mol. The second-order valence-corrected chi connectivity index (χ2v) is 3.45. The number of hydrogen-bond donors (Lipinski definition) is 1. The minimum absolute atomic E-state index is 0.0949. The van der Waals surface area contributed by atoms with E-state index < -0.39 is 5.97 Å². The topological polar surface area (TPSA) is 54.4 Å². The van der Waals surface area contributed by atoms with E-state index in [4.69, 9.17) is 5.11 Å². The predicted octanol–water partition coefficient (Wildman–Crippen LogP) is 1.61. The highest BCUT2D eigenvalue weighted by Gasteiger charge is 2.19. The summed E-state index contributed by atoms with van der Waals surface area (Å²) in [4.78, 5) is 21.5. The van der Waals surface area contributed by atoms with E-state index in [-0.39, 0.29) is 18.1 Å². The van der Waals surface area contributed by atoms with Crippen LogP contribution in [0.15, 0.2) is 0 Å². The summed E-state index contributed by atoms with van der Waals surface area (Å²) in [5.74, 6) is -0.453. The van der Waals surface area contributed by atoms with Gasteiger partial charge in [0.1, 0.15) is 5.78 Å². The molecule has 1 aliphatic rings. The Morgan fingerprint density at radius 2 is 2.25 bits per heavy atom. The third-order valence-corrected chi connectivity index (χ3v) is 2.30. The Morgan fingerprint density at radius 3 is 2.92 bits per heavy atom. The first-order valence-corrected chi connectivity index (χ1v) is 4.42. The molecule has 0 aliphatic heterocycles. The van der Waals surface area contributed by atoms with Gasteiger partial charge in [0.2, 0.25) is 0 Å². The molecule has 0 heterocycles. The van der Waals surface area contributed by atoms with Crippen molar-refractivity contribution in [3.8, 4) is 0 Å². The van der Waals surface area contributed by atoms with Crippen molar-refractivity contribution in [2.75, 3.05) is 0 Å². The maximum absolute atomic E-state index is 11.1. The maximum atomic E-state index is 11.1. The molecule has 1 atom stereocenters. The van der Waals surface area contributed by atoms with E-state index in [1.54, 1.807) is 0 Å². The zero-order valence-corrected chi connectivity index (χ0v) is 7.08. The largest absolute Gasteiger partial charge is 0.481 e. The summed E-state index contributed by atoms with van der Waals surface area (Å²) in [5, 5.41) is 8.53. The standard InChI is InChI=1S/C9H14O3/c10-8-4-2-1-3-7(5-8)6-9(11)12/h7H,1-6H2,(H,11,12). The van der Waals surface area contributed by atoms with Crippen molar-refractivity contribution >= 4 is 11.8 Å². The van der Waals surface area contributed by atoms with Gasteiger partial charge in [0.05, 0.1) is 0 Å². The molecule has 3 nitrogen and oxygen atoms in total. The molecule has 12 heavy (non-hydrogen) atoms. The maximum Gasteiger partial charge on any atom is 0.303 e. The minimum atomic E-state index is -0.783. The number of carboxylic acids is 1. The Morgan fingerprint density at radius 1 is 1.50 bits per heavy atom. The van der Waals surface area contributed by atoms with E-state index in [1.807, 2.05) is 0 Å². The molecule has 0 spiro atoms. The van der Waals surface area contributed by atoms with Crippen molar-refractivity contribution < 1.29 is 14.7 Å². The molecule has 68 valence electrons. The molecule has 1 rings (SSSR count). The summed E-state index contributed by atoms with van der Waals surface area (Å²) < 4.78 is 0. The van der Waals surface area contributed by atoms with Crippen molar-refractivity contribution in [2.45, 2.75) is 38.5 Å². The van der Waals surface area contributed by atoms with Crippen LogP contribution in [-0.4, -0.2) is 16.9 Å². The normalized spacial score (nSPS) is 25.0. The van der Waals surface area contributed by atoms with Crippen LogP contribution in [0.25, 0.3) is 0 Å². The number of carbonyl (C=O) groups excluding carboxylic acids is 1. The SMILES string of the molecule is O=C(O)CC1CCCCC(=O)C1. The Hall–Kier alpha value is -0.860. The molecule has 0 aromatic carbocycles. The van der Waals surface area contributed by atoms with Crippen LogP contribution in [0, 0.1) is 5.92 Å². The summed E-state index contributed by atoms with van der Waals surface area (Å²) in [6.45, 7) is 0. The molecule has 1 unspecified atom stereocenters. The molecule has 0 aromatic heterocycles. The summed E-state index contributed by atoms with van der Waals surface area (Å²) in [6.07, 6.45) is 4.13. The summed E-state index contributed by atoms with van der Waals surface area (Å²) in [5.41, 5.74) is 0. The monoisotopic (exact) mass is 170 g/mol. The van der Waals surface area contributed by atoms with Crippen LogP contribution in [0.3, 0.4) is 0 Å². The molecule has 0 saturated heterocycles. The second-order valence-electron chi connectivity index (χ2n) is 3.45. The van der Waals surface area contributed by atoms with Gasteiger partial charge in [0.25, 0.3) is 0 Å². The van der Waals surface area contributed by atoms with Gasteiger partial charge in [0.15, 0.2) is 0 Å². The first-order chi connectivity index (χ1) is 5.68. The average Bonchev–Trinajstić information content (AvgIpc) is 2.12. The van der Waals surface area contributed by atoms with Gasteiger partial charge in [-0.05, 0) is 18.8 Å². The third kappa shape index (κ3) is 3.03. The van der Waals surface area contributed by atoms with E-state index in [9.17, 15) is 9.59 Å². The van der Waals surface area contributed by atoms with E-state index in [0.29, 0.717) is 12.8 Å². The summed E-state index contributed by atoms with van der Waals surface area (Å²) in [7, 11) is 0. The Kier molecular flexibility index (Phi) is 3.26. The summed E-state index contributed by atoms with van der Waals surface area (Å²) >= 11 is 0. The lowest BCUT2D eigenvalue weighted by atomic mass is 9.96. The van der Waals surface area contributed by atoms with Crippen LogP contribution in [-0.2, 0) is 9.59 Å². The fraction of sp³-hybridized carbons (Fsp3) is 0.778. The fourth-order valence-electron chi connectivity index (χ4n) is 1.70.